The van der Waals surface area contributed by atoms with Crippen molar-refractivity contribution in [2.45, 2.75) is 13.8 Å². The Labute approximate surface area is 136 Å². The summed E-state index contributed by atoms with van der Waals surface area (Å²) in [5.41, 5.74) is 3.73. The van der Waals surface area contributed by atoms with Gasteiger partial charge in [-0.25, -0.2) is 0 Å². The van der Waals surface area contributed by atoms with Crippen LogP contribution in [-0.4, -0.2) is 5.91 Å². The summed E-state index contributed by atoms with van der Waals surface area (Å²) in [5.74, 6) is -0.405. The number of hydrogen-bond acceptors (Lipinski definition) is 2. The standard InChI is InChI=1S/C20H18N2O/c1-15-8-10-19(11-9-15)22-20(23)18(14-21)13-16(2)12-17-6-4-3-5-7-17/h3-13H,1-2H3,(H,22,23)/b16-12+,18-13+. The molecule has 0 bridgehead atoms. The van der Waals surface area contributed by atoms with Crippen molar-refractivity contribution in [2.75, 3.05) is 5.32 Å². The number of allylic oxidation sites excluding steroid dienone is 2. The Bertz CT molecular complexity index is 779. The number of carbonyl (C=O) groups is 1. The Balaban J connectivity index is 2.15. The minimum absolute atomic E-state index is 0.0789. The molecular weight excluding hydrogens is 284 g/mol. The lowest BCUT2D eigenvalue weighted by Gasteiger charge is -2.04. The lowest BCUT2D eigenvalue weighted by atomic mass is 10.1. The van der Waals surface area contributed by atoms with Gasteiger partial charge < -0.3 is 5.32 Å². The Hall–Kier alpha value is -3.12. The summed E-state index contributed by atoms with van der Waals surface area (Å²) in [7, 11) is 0. The number of nitriles is 1. The van der Waals surface area contributed by atoms with Gasteiger partial charge in [-0.05, 0) is 43.2 Å². The number of nitrogens with one attached hydrogen (secondary N) is 1. The number of amides is 1. The molecule has 0 fully saturated rings. The van der Waals surface area contributed by atoms with Crippen LogP contribution in [0.3, 0.4) is 0 Å². The van der Waals surface area contributed by atoms with Gasteiger partial charge in [0.15, 0.2) is 0 Å². The molecule has 0 aromatic heterocycles. The second kappa shape index (κ2) is 7.77. The summed E-state index contributed by atoms with van der Waals surface area (Å²) in [5, 5.41) is 12.0. The number of hydrogen-bond donors (Lipinski definition) is 1. The van der Waals surface area contributed by atoms with E-state index in [2.05, 4.69) is 5.32 Å². The fourth-order valence-electron chi connectivity index (χ4n) is 2.07. The van der Waals surface area contributed by atoms with Gasteiger partial charge in [0.05, 0.1) is 0 Å². The molecule has 3 nitrogen and oxygen atoms in total. The first-order valence-corrected chi connectivity index (χ1v) is 7.31. The molecular formula is C20H18N2O. The van der Waals surface area contributed by atoms with Gasteiger partial charge in [0, 0.05) is 5.69 Å². The van der Waals surface area contributed by atoms with Crippen molar-refractivity contribution < 1.29 is 4.79 Å². The van der Waals surface area contributed by atoms with Crippen LogP contribution in [0.4, 0.5) is 5.69 Å². The predicted molar refractivity (Wildman–Crippen MR) is 93.6 cm³/mol. The molecule has 2 aromatic rings. The second-order valence-corrected chi connectivity index (χ2v) is 5.29. The lowest BCUT2D eigenvalue weighted by molar-refractivity contribution is -0.112. The molecule has 0 saturated heterocycles. The highest BCUT2D eigenvalue weighted by Crippen LogP contribution is 2.12. The van der Waals surface area contributed by atoms with Gasteiger partial charge in [0.2, 0.25) is 0 Å². The minimum atomic E-state index is -0.405. The Kier molecular flexibility index (Phi) is 5.49. The molecule has 2 aromatic carbocycles. The van der Waals surface area contributed by atoms with E-state index in [1.54, 1.807) is 6.08 Å². The minimum Gasteiger partial charge on any atom is -0.321 e. The molecule has 0 atom stereocenters. The van der Waals surface area contributed by atoms with Crippen molar-refractivity contribution >= 4 is 17.7 Å². The van der Waals surface area contributed by atoms with Gasteiger partial charge in [0.25, 0.3) is 5.91 Å². The monoisotopic (exact) mass is 302 g/mol. The number of benzene rings is 2. The quantitative estimate of drug-likeness (QED) is 0.514. The number of anilines is 1. The molecule has 0 heterocycles. The van der Waals surface area contributed by atoms with Crippen LogP contribution in [-0.2, 0) is 4.79 Å². The highest BCUT2D eigenvalue weighted by atomic mass is 16.1. The van der Waals surface area contributed by atoms with Gasteiger partial charge in [0.1, 0.15) is 11.6 Å². The fraction of sp³-hybridized carbons (Fsp3) is 0.100. The van der Waals surface area contributed by atoms with E-state index in [-0.39, 0.29) is 5.57 Å². The predicted octanol–water partition coefficient (Wildman–Crippen LogP) is 4.49. The van der Waals surface area contributed by atoms with Crippen molar-refractivity contribution in [1.82, 2.24) is 0 Å². The van der Waals surface area contributed by atoms with Crippen LogP contribution < -0.4 is 5.32 Å². The Morgan fingerprint density at radius 1 is 1.09 bits per heavy atom. The molecule has 0 aliphatic heterocycles. The van der Waals surface area contributed by atoms with E-state index in [0.717, 1.165) is 16.7 Å². The van der Waals surface area contributed by atoms with Crippen molar-refractivity contribution in [3.8, 4) is 6.07 Å². The molecule has 0 aliphatic carbocycles. The maximum Gasteiger partial charge on any atom is 0.266 e. The third-order valence-electron chi connectivity index (χ3n) is 3.24. The van der Waals surface area contributed by atoms with E-state index in [1.807, 2.05) is 80.6 Å². The highest BCUT2D eigenvalue weighted by molar-refractivity contribution is 6.07. The molecule has 0 saturated carbocycles. The topological polar surface area (TPSA) is 52.9 Å². The summed E-state index contributed by atoms with van der Waals surface area (Å²) in [4.78, 5) is 12.2. The maximum absolute atomic E-state index is 12.2. The van der Waals surface area contributed by atoms with E-state index in [4.69, 9.17) is 0 Å². The molecule has 1 N–H and O–H groups in total. The maximum atomic E-state index is 12.2. The van der Waals surface area contributed by atoms with Crippen molar-refractivity contribution in [3.63, 3.8) is 0 Å². The zero-order chi connectivity index (χ0) is 16.7. The molecule has 0 spiro atoms. The third-order valence-corrected chi connectivity index (χ3v) is 3.24. The fourth-order valence-corrected chi connectivity index (χ4v) is 2.07. The first-order valence-electron chi connectivity index (χ1n) is 7.31. The average Bonchev–Trinajstić information content (AvgIpc) is 2.55. The summed E-state index contributed by atoms with van der Waals surface area (Å²) in [6.07, 6.45) is 3.52. The van der Waals surface area contributed by atoms with Crippen LogP contribution >= 0.6 is 0 Å². The number of carbonyl (C=O) groups excluding carboxylic acids is 1. The SMILES string of the molecule is CC(=C\c1ccccc1)/C=C(\C#N)C(=O)Nc1ccc(C)cc1. The number of nitrogens with zero attached hydrogens (tertiary/aromatic N) is 1. The molecule has 0 radical (unpaired) electrons. The van der Waals surface area contributed by atoms with E-state index in [0.29, 0.717) is 5.69 Å². The Morgan fingerprint density at radius 3 is 2.35 bits per heavy atom. The third kappa shape index (κ3) is 4.98. The lowest BCUT2D eigenvalue weighted by Crippen LogP contribution is -2.13. The molecule has 114 valence electrons. The van der Waals surface area contributed by atoms with Crippen LogP contribution in [0, 0.1) is 18.3 Å². The van der Waals surface area contributed by atoms with Gasteiger partial charge >= 0.3 is 0 Å². The van der Waals surface area contributed by atoms with Gasteiger partial charge in [-0.2, -0.15) is 5.26 Å². The van der Waals surface area contributed by atoms with Crippen LogP contribution in [0.1, 0.15) is 18.1 Å². The first kappa shape index (κ1) is 16.3. The smallest absolute Gasteiger partial charge is 0.266 e. The average molecular weight is 302 g/mol. The van der Waals surface area contributed by atoms with Crippen LogP contribution in [0.5, 0.6) is 0 Å². The van der Waals surface area contributed by atoms with Crippen LogP contribution in [0.25, 0.3) is 6.08 Å². The molecule has 0 aliphatic rings. The zero-order valence-electron chi connectivity index (χ0n) is 13.2. The van der Waals surface area contributed by atoms with E-state index >= 15 is 0 Å². The van der Waals surface area contributed by atoms with Crippen LogP contribution in [0.2, 0.25) is 0 Å². The van der Waals surface area contributed by atoms with Crippen LogP contribution in [0.15, 0.2) is 71.8 Å². The van der Waals surface area contributed by atoms with E-state index < -0.39 is 5.91 Å². The van der Waals surface area contributed by atoms with Gasteiger partial charge in [-0.15, -0.1) is 0 Å². The molecule has 3 heteroatoms. The molecule has 1 amide bonds. The summed E-state index contributed by atoms with van der Waals surface area (Å²) < 4.78 is 0. The van der Waals surface area contributed by atoms with E-state index in [1.165, 1.54) is 0 Å². The first-order chi connectivity index (χ1) is 11.1. The summed E-state index contributed by atoms with van der Waals surface area (Å²) >= 11 is 0. The summed E-state index contributed by atoms with van der Waals surface area (Å²) in [6, 6.07) is 19.2. The second-order valence-electron chi connectivity index (χ2n) is 5.29. The zero-order valence-corrected chi connectivity index (χ0v) is 13.2. The van der Waals surface area contributed by atoms with Gasteiger partial charge in [-0.1, -0.05) is 54.1 Å². The van der Waals surface area contributed by atoms with Gasteiger partial charge in [-0.3, -0.25) is 4.79 Å². The largest absolute Gasteiger partial charge is 0.321 e. The van der Waals surface area contributed by atoms with Crippen molar-refractivity contribution in [1.29, 1.82) is 5.26 Å². The normalized spacial score (nSPS) is 11.7. The van der Waals surface area contributed by atoms with Crippen molar-refractivity contribution in [3.05, 3.63) is 82.9 Å². The highest BCUT2D eigenvalue weighted by Gasteiger charge is 2.09. The number of rotatable bonds is 4. The molecule has 0 unspecified atom stereocenters. The molecule has 23 heavy (non-hydrogen) atoms. The van der Waals surface area contributed by atoms with Crippen molar-refractivity contribution in [2.24, 2.45) is 0 Å². The Morgan fingerprint density at radius 2 is 1.74 bits per heavy atom. The molecule has 2 rings (SSSR count). The van der Waals surface area contributed by atoms with E-state index in [9.17, 15) is 10.1 Å². The summed E-state index contributed by atoms with van der Waals surface area (Å²) in [6.45, 7) is 3.84. The number of aryl methyl sites for hydroxylation is 1.